The second kappa shape index (κ2) is 5.82. The highest BCUT2D eigenvalue weighted by atomic mass is 19.4. The van der Waals surface area contributed by atoms with Crippen LogP contribution < -0.4 is 10.6 Å². The first-order chi connectivity index (χ1) is 10.3. The van der Waals surface area contributed by atoms with Crippen LogP contribution in [0, 0.1) is 0 Å². The quantitative estimate of drug-likeness (QED) is 0.832. The van der Waals surface area contributed by atoms with Crippen LogP contribution in [0.5, 0.6) is 0 Å². The van der Waals surface area contributed by atoms with Crippen LogP contribution in [0.25, 0.3) is 0 Å². The van der Waals surface area contributed by atoms with Crippen molar-refractivity contribution in [1.82, 2.24) is 10.6 Å². The van der Waals surface area contributed by atoms with E-state index in [-0.39, 0.29) is 6.42 Å². The fraction of sp³-hybridized carbons (Fsp3) is 0.333. The van der Waals surface area contributed by atoms with Gasteiger partial charge in [0, 0.05) is 12.8 Å². The third-order valence-electron chi connectivity index (χ3n) is 3.56. The lowest BCUT2D eigenvalue weighted by atomic mass is 9.88. The van der Waals surface area contributed by atoms with Gasteiger partial charge in [-0.1, -0.05) is 36.4 Å². The molecular formula is C15H15F3N2O2. The van der Waals surface area contributed by atoms with Crippen LogP contribution in [0.2, 0.25) is 0 Å². The van der Waals surface area contributed by atoms with Crippen molar-refractivity contribution in [3.8, 4) is 0 Å². The van der Waals surface area contributed by atoms with Crippen LogP contribution in [0.4, 0.5) is 13.2 Å². The lowest BCUT2D eigenvalue weighted by Gasteiger charge is -2.40. The van der Waals surface area contributed by atoms with Gasteiger partial charge in [-0.3, -0.25) is 9.59 Å². The van der Waals surface area contributed by atoms with Crippen molar-refractivity contribution in [2.24, 2.45) is 0 Å². The van der Waals surface area contributed by atoms with Crippen molar-refractivity contribution in [2.75, 3.05) is 0 Å². The van der Waals surface area contributed by atoms with E-state index < -0.39 is 36.0 Å². The van der Waals surface area contributed by atoms with Crippen molar-refractivity contribution in [3.63, 3.8) is 0 Å². The van der Waals surface area contributed by atoms with Gasteiger partial charge in [0.2, 0.25) is 11.4 Å². The molecule has 1 aliphatic rings. The molecule has 7 heteroatoms. The molecule has 0 spiro atoms. The highest BCUT2D eigenvalue weighted by Crippen LogP contribution is 2.35. The van der Waals surface area contributed by atoms with E-state index in [9.17, 15) is 22.8 Å². The molecule has 0 saturated carbocycles. The number of benzene rings is 1. The fourth-order valence-electron chi connectivity index (χ4n) is 2.37. The number of piperazine rings is 1. The van der Waals surface area contributed by atoms with Crippen LogP contribution >= 0.6 is 0 Å². The number of hydrogen-bond donors (Lipinski definition) is 2. The number of alkyl halides is 3. The average molecular weight is 312 g/mol. The van der Waals surface area contributed by atoms with Gasteiger partial charge < -0.3 is 10.6 Å². The largest absolute Gasteiger partial charge is 0.420 e. The number of rotatable bonds is 4. The lowest BCUT2D eigenvalue weighted by molar-refractivity contribution is -0.205. The molecule has 2 N–H and O–H groups in total. The molecule has 1 aromatic rings. The van der Waals surface area contributed by atoms with E-state index in [0.717, 1.165) is 11.6 Å². The summed E-state index contributed by atoms with van der Waals surface area (Å²) in [6.45, 7) is 3.23. The number of hydrogen-bond acceptors (Lipinski definition) is 2. The second-order valence-corrected chi connectivity index (χ2v) is 5.10. The Balaban J connectivity index is 2.22. The smallest absolute Gasteiger partial charge is 0.342 e. The number of carbonyl (C=O) groups excluding carboxylic acids is 2. The number of amides is 2. The van der Waals surface area contributed by atoms with Crippen molar-refractivity contribution in [1.29, 1.82) is 0 Å². The third-order valence-corrected chi connectivity index (χ3v) is 3.56. The number of halogens is 3. The van der Waals surface area contributed by atoms with E-state index in [2.05, 4.69) is 11.9 Å². The van der Waals surface area contributed by atoms with Crippen molar-refractivity contribution < 1.29 is 22.8 Å². The Kier molecular flexibility index (Phi) is 4.25. The molecule has 1 aliphatic heterocycles. The van der Waals surface area contributed by atoms with E-state index >= 15 is 0 Å². The number of nitrogens with one attached hydrogen (secondary N) is 2. The van der Waals surface area contributed by atoms with Gasteiger partial charge in [0.15, 0.2) is 0 Å². The molecule has 1 heterocycles. The molecule has 2 amide bonds. The van der Waals surface area contributed by atoms with Crippen molar-refractivity contribution in [2.45, 2.75) is 30.6 Å². The maximum absolute atomic E-state index is 13.2. The van der Waals surface area contributed by atoms with E-state index in [1.165, 1.54) is 0 Å². The Hall–Kier alpha value is -2.31. The minimum Gasteiger partial charge on any atom is -0.342 e. The van der Waals surface area contributed by atoms with E-state index in [4.69, 9.17) is 0 Å². The van der Waals surface area contributed by atoms with Crippen LogP contribution in [0.1, 0.15) is 12.0 Å². The van der Waals surface area contributed by atoms with Gasteiger partial charge in [-0.25, -0.2) is 0 Å². The zero-order chi connectivity index (χ0) is 16.4. The van der Waals surface area contributed by atoms with Crippen LogP contribution in [0.15, 0.2) is 43.0 Å². The molecule has 0 radical (unpaired) electrons. The van der Waals surface area contributed by atoms with Crippen LogP contribution in [-0.2, 0) is 16.0 Å². The first-order valence-electron chi connectivity index (χ1n) is 6.65. The van der Waals surface area contributed by atoms with Crippen molar-refractivity contribution >= 4 is 11.8 Å². The summed E-state index contributed by atoms with van der Waals surface area (Å²) < 4.78 is 39.7. The Bertz CT molecular complexity index is 586. The molecule has 2 rings (SSSR count). The van der Waals surface area contributed by atoms with Gasteiger partial charge in [-0.2, -0.15) is 13.2 Å². The Morgan fingerprint density at radius 2 is 1.86 bits per heavy atom. The highest BCUT2D eigenvalue weighted by Gasteiger charge is 2.63. The summed E-state index contributed by atoms with van der Waals surface area (Å²) >= 11 is 0. The first-order valence-corrected chi connectivity index (χ1v) is 6.65. The highest BCUT2D eigenvalue weighted by molar-refractivity contribution is 6.00. The normalized spacial score (nSPS) is 25.3. The second-order valence-electron chi connectivity index (χ2n) is 5.10. The van der Waals surface area contributed by atoms with Crippen molar-refractivity contribution in [3.05, 3.63) is 48.6 Å². The van der Waals surface area contributed by atoms with Crippen LogP contribution in [0.3, 0.4) is 0 Å². The number of carbonyl (C=O) groups is 2. The van der Waals surface area contributed by atoms with Gasteiger partial charge in [-0.15, -0.1) is 6.58 Å². The topological polar surface area (TPSA) is 58.2 Å². The molecule has 0 aromatic heterocycles. The van der Waals surface area contributed by atoms with Gasteiger partial charge in [-0.05, 0) is 5.56 Å². The summed E-state index contributed by atoms with van der Waals surface area (Å²) in [4.78, 5) is 24.0. The lowest BCUT2D eigenvalue weighted by Crippen LogP contribution is -2.74. The Morgan fingerprint density at radius 1 is 1.23 bits per heavy atom. The van der Waals surface area contributed by atoms with Gasteiger partial charge >= 0.3 is 6.18 Å². The zero-order valence-corrected chi connectivity index (χ0v) is 11.6. The average Bonchev–Trinajstić information content (AvgIpc) is 2.44. The summed E-state index contributed by atoms with van der Waals surface area (Å²) in [6, 6.07) is 7.70. The minimum absolute atomic E-state index is 0.125. The van der Waals surface area contributed by atoms with E-state index in [1.807, 2.05) is 5.32 Å². The Morgan fingerprint density at radius 3 is 2.41 bits per heavy atom. The molecule has 22 heavy (non-hydrogen) atoms. The molecule has 1 aromatic carbocycles. The summed E-state index contributed by atoms with van der Waals surface area (Å²) in [6.07, 6.45) is -4.53. The molecule has 1 saturated heterocycles. The molecule has 1 fully saturated rings. The predicted octanol–water partition coefficient (Wildman–Crippen LogP) is 1.72. The fourth-order valence-corrected chi connectivity index (χ4v) is 2.37. The van der Waals surface area contributed by atoms with Gasteiger partial charge in [0.05, 0.1) is 0 Å². The predicted molar refractivity (Wildman–Crippen MR) is 73.8 cm³/mol. The molecule has 4 nitrogen and oxygen atoms in total. The van der Waals surface area contributed by atoms with E-state index in [0.29, 0.717) is 0 Å². The van der Waals surface area contributed by atoms with E-state index in [1.54, 1.807) is 30.3 Å². The summed E-state index contributed by atoms with van der Waals surface area (Å²) in [5.41, 5.74) is -2.20. The summed E-state index contributed by atoms with van der Waals surface area (Å²) in [5.74, 6) is -2.12. The molecular weight excluding hydrogens is 297 g/mol. The standard InChI is InChI=1S/C15H15F3N2O2/c1-2-8-14(15(16,17)18)13(22)19-11(12(21)20-14)9-10-6-4-3-5-7-10/h2-7,11H,1,8-9H2,(H,19,22)(H,20,21)/t11-,14?/m0/s1. The Labute approximate surface area is 125 Å². The summed E-state index contributed by atoms with van der Waals surface area (Å²) in [5, 5.41) is 4.02. The molecule has 2 atom stereocenters. The maximum atomic E-state index is 13.2. The maximum Gasteiger partial charge on any atom is 0.420 e. The summed E-state index contributed by atoms with van der Waals surface area (Å²) in [7, 11) is 0. The van der Waals surface area contributed by atoms with Crippen LogP contribution in [-0.4, -0.2) is 29.6 Å². The molecule has 1 unspecified atom stereocenters. The molecule has 118 valence electrons. The monoisotopic (exact) mass is 312 g/mol. The first kappa shape index (κ1) is 16.1. The zero-order valence-electron chi connectivity index (χ0n) is 11.6. The SMILES string of the molecule is C=CCC1(C(F)(F)F)NC(=O)[C@H](Cc2ccccc2)NC1=O. The third kappa shape index (κ3) is 2.84. The molecule has 0 bridgehead atoms. The molecule has 0 aliphatic carbocycles. The van der Waals surface area contributed by atoms with Gasteiger partial charge in [0.25, 0.3) is 5.91 Å². The minimum atomic E-state index is -4.90. The van der Waals surface area contributed by atoms with Gasteiger partial charge in [0.1, 0.15) is 6.04 Å².